The third-order valence-electron chi connectivity index (χ3n) is 8.55. The van der Waals surface area contributed by atoms with Gasteiger partial charge in [-0.2, -0.15) is 4.31 Å². The fraction of sp³-hybridized carbons (Fsp3) is 0.200. The highest BCUT2D eigenvalue weighted by Gasteiger charge is 2.46. The van der Waals surface area contributed by atoms with Gasteiger partial charge in [-0.25, -0.2) is 13.2 Å². The molecule has 8 heteroatoms. The van der Waals surface area contributed by atoms with E-state index >= 15 is 0 Å². The van der Waals surface area contributed by atoms with Gasteiger partial charge in [0, 0.05) is 19.5 Å². The molecule has 1 atom stereocenters. The van der Waals surface area contributed by atoms with Gasteiger partial charge in [-0.05, 0) is 57.6 Å². The van der Waals surface area contributed by atoms with E-state index in [9.17, 15) is 23.1 Å². The minimum absolute atomic E-state index is 0.119. The fourth-order valence-corrected chi connectivity index (χ4v) is 7.54. The quantitative estimate of drug-likeness (QED) is 0.247. The molecule has 1 aliphatic heterocycles. The van der Waals surface area contributed by atoms with Crippen LogP contribution in [-0.2, 0) is 31.4 Å². The molecule has 0 aliphatic carbocycles. The van der Waals surface area contributed by atoms with Gasteiger partial charge in [0.1, 0.15) is 6.04 Å². The normalized spacial score (nSPS) is 16.1. The van der Waals surface area contributed by atoms with Crippen LogP contribution in [-0.4, -0.2) is 48.8 Å². The van der Waals surface area contributed by atoms with Crippen LogP contribution >= 0.6 is 0 Å². The Morgan fingerprint density at radius 3 is 1.93 bits per heavy atom. The highest BCUT2D eigenvalue weighted by Crippen LogP contribution is 2.39. The van der Waals surface area contributed by atoms with Gasteiger partial charge in [-0.1, -0.05) is 103 Å². The number of carboxylic acids is 1. The number of hydrogen-bond donors (Lipinski definition) is 2. The van der Waals surface area contributed by atoms with Crippen molar-refractivity contribution in [1.29, 1.82) is 0 Å². The summed E-state index contributed by atoms with van der Waals surface area (Å²) in [7, 11) is -3.74. The topological polar surface area (TPSA) is 104 Å². The van der Waals surface area contributed by atoms with Gasteiger partial charge in [0.15, 0.2) is 0 Å². The maximum atomic E-state index is 14.3. The number of hydrogen-bond acceptors (Lipinski definition) is 4. The van der Waals surface area contributed by atoms with Crippen LogP contribution in [0.1, 0.15) is 24.0 Å². The van der Waals surface area contributed by atoms with Gasteiger partial charge in [-0.15, -0.1) is 0 Å². The van der Waals surface area contributed by atoms with Crippen molar-refractivity contribution in [3.05, 3.63) is 126 Å². The molecule has 1 heterocycles. The molecular weight excluding hydrogens is 560 g/mol. The molecule has 0 radical (unpaired) electrons. The van der Waals surface area contributed by atoms with E-state index in [-0.39, 0.29) is 37.2 Å². The third kappa shape index (κ3) is 5.63. The van der Waals surface area contributed by atoms with Gasteiger partial charge >= 0.3 is 5.97 Å². The molecule has 1 saturated heterocycles. The van der Waals surface area contributed by atoms with Gasteiger partial charge in [0.05, 0.1) is 10.3 Å². The number of fused-ring (bicyclic) bond motifs is 2. The molecule has 2 N–H and O–H groups in total. The van der Waals surface area contributed by atoms with Crippen LogP contribution in [0.15, 0.2) is 120 Å². The van der Waals surface area contributed by atoms with E-state index < -0.39 is 33.4 Å². The Hall–Kier alpha value is -4.53. The number of aliphatic carboxylic acids is 1. The van der Waals surface area contributed by atoms with Crippen LogP contribution in [0.4, 0.5) is 0 Å². The second-order valence-electron chi connectivity index (χ2n) is 11.1. The van der Waals surface area contributed by atoms with Crippen molar-refractivity contribution in [2.24, 2.45) is 0 Å². The lowest BCUT2D eigenvalue weighted by Crippen LogP contribution is -2.56. The SMILES string of the molecule is O=C(O)[C@H](Cc1ccc2ccccc2c1)NC(=O)C1(c2ccc3ccccc3c2)CCN(S(=O)(=O)c2ccccc2)CC1. The van der Waals surface area contributed by atoms with Crippen LogP contribution in [0.3, 0.4) is 0 Å². The molecule has 5 aromatic carbocycles. The zero-order valence-corrected chi connectivity index (χ0v) is 24.3. The van der Waals surface area contributed by atoms with Crippen LogP contribution in [0.25, 0.3) is 21.5 Å². The summed E-state index contributed by atoms with van der Waals surface area (Å²) in [5, 5.41) is 17.0. The van der Waals surface area contributed by atoms with Gasteiger partial charge < -0.3 is 10.4 Å². The highest BCUT2D eigenvalue weighted by molar-refractivity contribution is 7.89. The molecule has 1 aliphatic rings. The fourth-order valence-electron chi connectivity index (χ4n) is 6.08. The first-order valence-corrected chi connectivity index (χ1v) is 15.8. The number of piperidine rings is 1. The van der Waals surface area contributed by atoms with Gasteiger partial charge in [0.25, 0.3) is 0 Å². The Kier molecular flexibility index (Phi) is 7.73. The monoisotopic (exact) mass is 592 g/mol. The van der Waals surface area contributed by atoms with Crippen molar-refractivity contribution >= 4 is 43.4 Å². The van der Waals surface area contributed by atoms with Gasteiger partial charge in [0.2, 0.25) is 15.9 Å². The van der Waals surface area contributed by atoms with Crippen molar-refractivity contribution in [3.63, 3.8) is 0 Å². The standard InChI is InChI=1S/C35H32N2O5S/c38-33(39)32(23-25-14-15-26-8-4-6-10-28(26)22-25)36-34(40)35(30-17-16-27-9-5-7-11-29(27)24-30)18-20-37(21-19-35)43(41,42)31-12-2-1-3-13-31/h1-17,22,24,32H,18-21,23H2,(H,36,40)(H,38,39)/t32-/m0/s1. The number of carbonyl (C=O) groups is 2. The summed E-state index contributed by atoms with van der Waals surface area (Å²) in [5.74, 6) is -1.54. The molecule has 0 spiro atoms. The first-order valence-electron chi connectivity index (χ1n) is 14.3. The van der Waals surface area contributed by atoms with E-state index in [1.54, 1.807) is 30.3 Å². The molecule has 6 rings (SSSR count). The Bertz CT molecular complexity index is 1920. The summed E-state index contributed by atoms with van der Waals surface area (Å²) in [5.41, 5.74) is 0.439. The number of amides is 1. The second kappa shape index (κ2) is 11.6. The average Bonchev–Trinajstić information content (AvgIpc) is 3.04. The molecular formula is C35H32N2O5S. The number of sulfonamides is 1. The molecule has 0 unspecified atom stereocenters. The predicted molar refractivity (Wildman–Crippen MR) is 167 cm³/mol. The van der Waals surface area contributed by atoms with Crippen LogP contribution in [0.5, 0.6) is 0 Å². The first-order chi connectivity index (χ1) is 20.8. The van der Waals surface area contributed by atoms with Crippen LogP contribution < -0.4 is 5.32 Å². The summed E-state index contributed by atoms with van der Waals surface area (Å²) in [6, 6.07) is 34.4. The van der Waals surface area contributed by atoms with E-state index in [0.717, 1.165) is 32.7 Å². The number of benzene rings is 5. The van der Waals surface area contributed by atoms with E-state index in [0.29, 0.717) is 0 Å². The first kappa shape index (κ1) is 28.6. The minimum Gasteiger partial charge on any atom is -0.480 e. The number of nitrogens with zero attached hydrogens (tertiary/aromatic N) is 1. The summed E-state index contributed by atoms with van der Waals surface area (Å²) in [6.45, 7) is 0.250. The highest BCUT2D eigenvalue weighted by atomic mass is 32.2. The van der Waals surface area contributed by atoms with E-state index in [1.807, 2.05) is 84.9 Å². The van der Waals surface area contributed by atoms with E-state index in [1.165, 1.54) is 4.31 Å². The van der Waals surface area contributed by atoms with Crippen molar-refractivity contribution in [3.8, 4) is 0 Å². The average molecular weight is 593 g/mol. The zero-order chi connectivity index (χ0) is 30.0. The molecule has 218 valence electrons. The lowest BCUT2D eigenvalue weighted by Gasteiger charge is -2.41. The summed E-state index contributed by atoms with van der Waals surface area (Å²) >= 11 is 0. The number of nitrogens with one attached hydrogen (secondary N) is 1. The lowest BCUT2D eigenvalue weighted by atomic mass is 9.71. The van der Waals surface area contributed by atoms with Crippen molar-refractivity contribution in [2.45, 2.75) is 35.6 Å². The molecule has 0 aromatic heterocycles. The largest absolute Gasteiger partial charge is 0.480 e. The molecule has 0 bridgehead atoms. The number of rotatable bonds is 8. The third-order valence-corrected chi connectivity index (χ3v) is 10.5. The minimum atomic E-state index is -3.74. The van der Waals surface area contributed by atoms with Crippen LogP contribution in [0.2, 0.25) is 0 Å². The Balaban J connectivity index is 1.31. The molecule has 5 aromatic rings. The zero-order valence-electron chi connectivity index (χ0n) is 23.5. The van der Waals surface area contributed by atoms with Crippen molar-refractivity contribution < 1.29 is 23.1 Å². The number of carboxylic acid groups (broad SMARTS) is 1. The molecule has 1 amide bonds. The Morgan fingerprint density at radius 1 is 0.744 bits per heavy atom. The van der Waals surface area contributed by atoms with Gasteiger partial charge in [-0.3, -0.25) is 4.79 Å². The smallest absolute Gasteiger partial charge is 0.326 e. The Labute approximate surface area is 250 Å². The number of carbonyl (C=O) groups excluding carboxylic acids is 1. The molecule has 43 heavy (non-hydrogen) atoms. The van der Waals surface area contributed by atoms with Crippen molar-refractivity contribution in [1.82, 2.24) is 9.62 Å². The summed E-state index contributed by atoms with van der Waals surface area (Å²) in [4.78, 5) is 26.9. The second-order valence-corrected chi connectivity index (χ2v) is 13.0. The van der Waals surface area contributed by atoms with Crippen LogP contribution in [0, 0.1) is 0 Å². The molecule has 7 nitrogen and oxygen atoms in total. The Morgan fingerprint density at radius 2 is 1.30 bits per heavy atom. The lowest BCUT2D eigenvalue weighted by molar-refractivity contribution is -0.143. The summed E-state index contributed by atoms with van der Waals surface area (Å²) < 4.78 is 28.2. The maximum Gasteiger partial charge on any atom is 0.326 e. The van der Waals surface area contributed by atoms with E-state index in [4.69, 9.17) is 0 Å². The summed E-state index contributed by atoms with van der Waals surface area (Å²) in [6.07, 6.45) is 0.547. The molecule has 0 saturated carbocycles. The molecule has 1 fully saturated rings. The maximum absolute atomic E-state index is 14.3. The predicted octanol–water partition coefficient (Wildman–Crippen LogP) is 5.53. The van der Waals surface area contributed by atoms with Crippen molar-refractivity contribution in [2.75, 3.05) is 13.1 Å². The van der Waals surface area contributed by atoms with E-state index in [2.05, 4.69) is 5.32 Å².